The van der Waals surface area contributed by atoms with E-state index in [-0.39, 0.29) is 11.7 Å². The average molecular weight is 306 g/mol. The lowest BCUT2D eigenvalue weighted by Gasteiger charge is -2.11. The molecule has 0 aromatic heterocycles. The summed E-state index contributed by atoms with van der Waals surface area (Å²) >= 11 is 1.33. The van der Waals surface area contributed by atoms with E-state index in [0.717, 1.165) is 0 Å². The minimum Gasteiger partial charge on any atom is -0.504 e. The molecule has 0 bridgehead atoms. The van der Waals surface area contributed by atoms with Crippen molar-refractivity contribution in [1.29, 1.82) is 0 Å². The first kappa shape index (κ1) is 15.4. The molecule has 1 amide bonds. The van der Waals surface area contributed by atoms with Crippen LogP contribution in [0.25, 0.3) is 6.08 Å². The number of benzene rings is 1. The van der Waals surface area contributed by atoms with Crippen LogP contribution in [0, 0.1) is 0 Å². The number of para-hydroxylation sites is 1. The van der Waals surface area contributed by atoms with Crippen LogP contribution < -0.4 is 4.74 Å². The number of carbonyl (C=O) groups excluding carboxylic acids is 1. The molecular formula is C15H18N2O3S. The number of hydrogen-bond acceptors (Lipinski definition) is 5. The highest BCUT2D eigenvalue weighted by Gasteiger charge is 2.32. The Morgan fingerprint density at radius 2 is 2.19 bits per heavy atom. The van der Waals surface area contributed by atoms with E-state index in [1.54, 1.807) is 29.2 Å². The van der Waals surface area contributed by atoms with Crippen LogP contribution in [0.3, 0.4) is 0 Å². The van der Waals surface area contributed by atoms with Gasteiger partial charge in [0.2, 0.25) is 0 Å². The summed E-state index contributed by atoms with van der Waals surface area (Å²) in [6.45, 7) is 5.05. The van der Waals surface area contributed by atoms with Gasteiger partial charge in [0.25, 0.3) is 5.91 Å². The summed E-state index contributed by atoms with van der Waals surface area (Å²) < 4.78 is 5.07. The second kappa shape index (κ2) is 6.67. The molecular weight excluding hydrogens is 288 g/mol. The van der Waals surface area contributed by atoms with E-state index in [0.29, 0.717) is 34.5 Å². The van der Waals surface area contributed by atoms with Crippen molar-refractivity contribution in [2.24, 2.45) is 4.99 Å². The van der Waals surface area contributed by atoms with Crippen molar-refractivity contribution < 1.29 is 14.6 Å². The molecule has 21 heavy (non-hydrogen) atoms. The Morgan fingerprint density at radius 1 is 1.43 bits per heavy atom. The van der Waals surface area contributed by atoms with Gasteiger partial charge in [0.1, 0.15) is 0 Å². The van der Waals surface area contributed by atoms with Gasteiger partial charge < -0.3 is 9.84 Å². The standard InChI is InChI=1S/C15H18N2O3S/c1-4-16-15-17(5-2)14(19)12(21-15)9-10-7-6-8-11(20-3)13(10)18/h6-9,18H,4-5H2,1-3H3/b12-9-,16-15?. The zero-order valence-corrected chi connectivity index (χ0v) is 13.1. The first-order valence-electron chi connectivity index (χ1n) is 6.74. The molecule has 1 aliphatic heterocycles. The number of phenolic OH excluding ortho intramolecular Hbond substituents is 1. The van der Waals surface area contributed by atoms with Crippen molar-refractivity contribution >= 4 is 28.9 Å². The molecule has 6 heteroatoms. The lowest BCUT2D eigenvalue weighted by molar-refractivity contribution is -0.122. The van der Waals surface area contributed by atoms with Crippen molar-refractivity contribution in [1.82, 2.24) is 4.90 Å². The molecule has 2 rings (SSSR count). The summed E-state index contributed by atoms with van der Waals surface area (Å²) in [5, 5.41) is 10.8. The lowest BCUT2D eigenvalue weighted by Crippen LogP contribution is -2.28. The molecule has 0 aliphatic carbocycles. The van der Waals surface area contributed by atoms with Gasteiger partial charge in [0.15, 0.2) is 16.7 Å². The number of likely N-dealkylation sites (N-methyl/N-ethyl adjacent to an activating group) is 1. The molecule has 1 fully saturated rings. The fourth-order valence-corrected chi connectivity index (χ4v) is 3.10. The maximum atomic E-state index is 12.3. The highest BCUT2D eigenvalue weighted by atomic mass is 32.2. The Balaban J connectivity index is 2.38. The average Bonchev–Trinajstić information content (AvgIpc) is 2.77. The number of nitrogens with zero attached hydrogens (tertiary/aromatic N) is 2. The monoisotopic (exact) mass is 306 g/mol. The van der Waals surface area contributed by atoms with Crippen LogP contribution in [0.4, 0.5) is 0 Å². The summed E-state index contributed by atoms with van der Waals surface area (Å²) in [6, 6.07) is 5.18. The van der Waals surface area contributed by atoms with E-state index in [4.69, 9.17) is 4.74 Å². The normalized spacial score (nSPS) is 18.8. The molecule has 0 radical (unpaired) electrons. The molecule has 1 N–H and O–H groups in total. The minimum absolute atomic E-state index is 0.0322. The summed E-state index contributed by atoms with van der Waals surface area (Å²) in [5.74, 6) is 0.330. The van der Waals surface area contributed by atoms with Gasteiger partial charge in [0.05, 0.1) is 12.0 Å². The van der Waals surface area contributed by atoms with Crippen LogP contribution in [0.2, 0.25) is 0 Å². The van der Waals surface area contributed by atoms with Gasteiger partial charge >= 0.3 is 0 Å². The Bertz CT molecular complexity index is 611. The van der Waals surface area contributed by atoms with E-state index in [2.05, 4.69) is 4.99 Å². The second-order valence-electron chi connectivity index (χ2n) is 4.32. The number of amidine groups is 1. The molecule has 0 unspecified atom stereocenters. The fraction of sp³-hybridized carbons (Fsp3) is 0.333. The first-order valence-corrected chi connectivity index (χ1v) is 7.55. The van der Waals surface area contributed by atoms with Crippen molar-refractivity contribution in [3.05, 3.63) is 28.7 Å². The third-order valence-corrected chi connectivity index (χ3v) is 4.08. The maximum Gasteiger partial charge on any atom is 0.266 e. The van der Waals surface area contributed by atoms with Crippen LogP contribution in [0.15, 0.2) is 28.1 Å². The predicted molar refractivity (Wildman–Crippen MR) is 85.6 cm³/mol. The van der Waals surface area contributed by atoms with Crippen LogP contribution in [-0.4, -0.2) is 41.3 Å². The van der Waals surface area contributed by atoms with Gasteiger partial charge in [-0.3, -0.25) is 14.7 Å². The van der Waals surface area contributed by atoms with E-state index >= 15 is 0 Å². The van der Waals surface area contributed by atoms with Crippen molar-refractivity contribution in [2.75, 3.05) is 20.2 Å². The van der Waals surface area contributed by atoms with Crippen LogP contribution in [-0.2, 0) is 4.79 Å². The van der Waals surface area contributed by atoms with Gasteiger partial charge in [0, 0.05) is 18.7 Å². The number of amides is 1. The molecule has 1 saturated heterocycles. The van der Waals surface area contributed by atoms with Gasteiger partial charge in [-0.05, 0) is 37.8 Å². The van der Waals surface area contributed by atoms with Crippen LogP contribution >= 0.6 is 11.8 Å². The lowest BCUT2D eigenvalue weighted by atomic mass is 10.1. The Labute approximate surface area is 128 Å². The Morgan fingerprint density at radius 3 is 2.81 bits per heavy atom. The number of phenols is 1. The first-order chi connectivity index (χ1) is 10.1. The molecule has 1 heterocycles. The number of thioether (sulfide) groups is 1. The highest BCUT2D eigenvalue weighted by molar-refractivity contribution is 8.18. The summed E-state index contributed by atoms with van der Waals surface area (Å²) in [4.78, 5) is 18.9. The molecule has 0 spiro atoms. The summed E-state index contributed by atoms with van der Waals surface area (Å²) in [6.07, 6.45) is 1.67. The number of aromatic hydroxyl groups is 1. The number of ether oxygens (including phenoxy) is 1. The number of rotatable bonds is 4. The topological polar surface area (TPSA) is 62.1 Å². The fourth-order valence-electron chi connectivity index (χ4n) is 2.00. The summed E-state index contributed by atoms with van der Waals surface area (Å²) in [5.41, 5.74) is 0.555. The third-order valence-electron chi connectivity index (χ3n) is 3.03. The number of carbonyl (C=O) groups is 1. The van der Waals surface area contributed by atoms with Crippen molar-refractivity contribution in [2.45, 2.75) is 13.8 Å². The van der Waals surface area contributed by atoms with Gasteiger partial charge in [-0.1, -0.05) is 12.1 Å². The smallest absolute Gasteiger partial charge is 0.266 e. The maximum absolute atomic E-state index is 12.3. The molecule has 0 saturated carbocycles. The molecule has 1 aromatic rings. The third kappa shape index (κ3) is 3.05. The second-order valence-corrected chi connectivity index (χ2v) is 5.32. The SMILES string of the molecule is CCN=C1S/C(=C\c2cccc(OC)c2O)C(=O)N1CC. The van der Waals surface area contributed by atoms with Crippen LogP contribution in [0.5, 0.6) is 11.5 Å². The predicted octanol–water partition coefficient (Wildman–Crippen LogP) is 2.71. The number of methoxy groups -OCH3 is 1. The van der Waals surface area contributed by atoms with E-state index in [9.17, 15) is 9.90 Å². The molecule has 5 nitrogen and oxygen atoms in total. The molecule has 1 aliphatic rings. The molecule has 112 valence electrons. The van der Waals surface area contributed by atoms with Gasteiger partial charge in [-0.25, -0.2) is 0 Å². The minimum atomic E-state index is -0.0862. The summed E-state index contributed by atoms with van der Waals surface area (Å²) in [7, 11) is 1.49. The van der Waals surface area contributed by atoms with E-state index in [1.165, 1.54) is 18.9 Å². The van der Waals surface area contributed by atoms with E-state index in [1.807, 2.05) is 13.8 Å². The zero-order valence-electron chi connectivity index (χ0n) is 12.3. The largest absolute Gasteiger partial charge is 0.504 e. The highest BCUT2D eigenvalue weighted by Crippen LogP contribution is 2.36. The molecule has 0 atom stereocenters. The van der Waals surface area contributed by atoms with Crippen molar-refractivity contribution in [3.63, 3.8) is 0 Å². The Kier molecular flexibility index (Phi) is 4.90. The molecule has 1 aromatic carbocycles. The number of aliphatic imine (C=N–C) groups is 1. The van der Waals surface area contributed by atoms with Crippen molar-refractivity contribution in [3.8, 4) is 11.5 Å². The zero-order chi connectivity index (χ0) is 15.4. The number of hydrogen-bond donors (Lipinski definition) is 1. The quantitative estimate of drug-likeness (QED) is 0.869. The van der Waals surface area contributed by atoms with Gasteiger partial charge in [-0.2, -0.15) is 0 Å². The van der Waals surface area contributed by atoms with E-state index < -0.39 is 0 Å². The van der Waals surface area contributed by atoms with Crippen LogP contribution in [0.1, 0.15) is 19.4 Å². The van der Waals surface area contributed by atoms with Gasteiger partial charge in [-0.15, -0.1) is 0 Å². The Hall–Kier alpha value is -1.95.